The summed E-state index contributed by atoms with van der Waals surface area (Å²) in [7, 11) is 0. The number of amides is 1. The van der Waals surface area contributed by atoms with Crippen molar-refractivity contribution in [3.63, 3.8) is 0 Å². The third-order valence-electron chi connectivity index (χ3n) is 3.84. The van der Waals surface area contributed by atoms with Crippen molar-refractivity contribution < 1.29 is 14.5 Å². The molecule has 0 aromatic carbocycles. The third kappa shape index (κ3) is 3.53. The molecule has 0 bridgehead atoms. The highest BCUT2D eigenvalue weighted by Crippen LogP contribution is 2.27. The van der Waals surface area contributed by atoms with Crippen molar-refractivity contribution in [1.82, 2.24) is 15.6 Å². The maximum atomic E-state index is 12.1. The Morgan fingerprint density at radius 1 is 1.42 bits per heavy atom. The van der Waals surface area contributed by atoms with E-state index < -0.39 is 0 Å². The lowest BCUT2D eigenvalue weighted by Gasteiger charge is -2.30. The van der Waals surface area contributed by atoms with Crippen molar-refractivity contribution in [1.29, 1.82) is 0 Å². The van der Waals surface area contributed by atoms with Crippen LogP contribution in [-0.4, -0.2) is 34.0 Å². The van der Waals surface area contributed by atoms with Crippen LogP contribution in [0.25, 0.3) is 0 Å². The van der Waals surface area contributed by atoms with Crippen LogP contribution in [0.3, 0.4) is 0 Å². The van der Waals surface area contributed by atoms with Crippen LogP contribution in [0.4, 0.5) is 0 Å². The maximum absolute atomic E-state index is 12.1. The van der Waals surface area contributed by atoms with Crippen LogP contribution in [-0.2, 0) is 0 Å². The van der Waals surface area contributed by atoms with Crippen LogP contribution in [0.15, 0.2) is 4.63 Å². The zero-order valence-electron chi connectivity index (χ0n) is 11.3. The van der Waals surface area contributed by atoms with Gasteiger partial charge in [-0.05, 0) is 37.3 Å². The number of nitrogens with one attached hydrogen (secondary N) is 1. The van der Waals surface area contributed by atoms with Gasteiger partial charge in [0.1, 0.15) is 5.69 Å². The van der Waals surface area contributed by atoms with Gasteiger partial charge in [0.05, 0.1) is 0 Å². The molecule has 1 saturated carbocycles. The summed E-state index contributed by atoms with van der Waals surface area (Å²) >= 11 is 0. The molecule has 0 saturated heterocycles. The SMILES string of the molecule is Cc1nonc1C(=O)NC(CCO)C1CCCCC1. The molecule has 2 N–H and O–H groups in total. The van der Waals surface area contributed by atoms with E-state index in [0.29, 0.717) is 18.0 Å². The minimum atomic E-state index is -0.261. The molecule has 1 fully saturated rings. The Bertz CT molecular complexity index is 413. The number of aliphatic hydroxyl groups excluding tert-OH is 1. The summed E-state index contributed by atoms with van der Waals surface area (Å²) in [6.07, 6.45) is 6.48. The van der Waals surface area contributed by atoms with Crippen LogP contribution in [0.1, 0.15) is 54.7 Å². The molecule has 1 aromatic rings. The summed E-state index contributed by atoms with van der Waals surface area (Å²) in [5.41, 5.74) is 0.725. The van der Waals surface area contributed by atoms with Gasteiger partial charge < -0.3 is 10.4 Å². The Morgan fingerprint density at radius 3 is 2.74 bits per heavy atom. The van der Waals surface area contributed by atoms with Crippen LogP contribution >= 0.6 is 0 Å². The van der Waals surface area contributed by atoms with E-state index in [1.54, 1.807) is 6.92 Å². The largest absolute Gasteiger partial charge is 0.396 e. The quantitative estimate of drug-likeness (QED) is 0.842. The molecule has 1 aliphatic rings. The second-order valence-electron chi connectivity index (χ2n) is 5.19. The van der Waals surface area contributed by atoms with Crippen molar-refractivity contribution in [2.75, 3.05) is 6.61 Å². The molecule has 1 aromatic heterocycles. The molecule has 6 nitrogen and oxygen atoms in total. The Hall–Kier alpha value is -1.43. The minimum Gasteiger partial charge on any atom is -0.396 e. The zero-order chi connectivity index (χ0) is 13.7. The van der Waals surface area contributed by atoms with Gasteiger partial charge in [-0.1, -0.05) is 24.4 Å². The first-order valence-corrected chi connectivity index (χ1v) is 6.93. The van der Waals surface area contributed by atoms with Crippen molar-refractivity contribution in [2.45, 2.75) is 51.5 Å². The fourth-order valence-electron chi connectivity index (χ4n) is 2.78. The summed E-state index contributed by atoms with van der Waals surface area (Å²) in [5.74, 6) is 0.188. The monoisotopic (exact) mass is 267 g/mol. The molecule has 1 atom stereocenters. The van der Waals surface area contributed by atoms with Gasteiger partial charge in [0.25, 0.3) is 5.91 Å². The number of nitrogens with zero attached hydrogens (tertiary/aromatic N) is 2. The number of aromatic nitrogens is 2. The van der Waals surface area contributed by atoms with E-state index in [-0.39, 0.29) is 24.2 Å². The van der Waals surface area contributed by atoms with Crippen molar-refractivity contribution >= 4 is 5.91 Å². The molecule has 1 unspecified atom stereocenters. The van der Waals surface area contributed by atoms with Crippen molar-refractivity contribution in [3.8, 4) is 0 Å². The molecule has 0 aliphatic heterocycles. The predicted octanol–water partition coefficient (Wildman–Crippen LogP) is 1.44. The first kappa shape index (κ1) is 14.0. The lowest BCUT2D eigenvalue weighted by Crippen LogP contribution is -2.42. The molecule has 2 rings (SSSR count). The number of hydrogen-bond acceptors (Lipinski definition) is 5. The van der Waals surface area contributed by atoms with E-state index in [1.807, 2.05) is 0 Å². The second-order valence-corrected chi connectivity index (χ2v) is 5.19. The van der Waals surface area contributed by atoms with E-state index >= 15 is 0 Å². The molecule has 106 valence electrons. The third-order valence-corrected chi connectivity index (χ3v) is 3.84. The lowest BCUT2D eigenvalue weighted by atomic mass is 9.82. The zero-order valence-corrected chi connectivity index (χ0v) is 11.3. The van der Waals surface area contributed by atoms with Gasteiger partial charge in [-0.2, -0.15) is 0 Å². The topological polar surface area (TPSA) is 88.2 Å². The number of aryl methyl sites for hydroxylation is 1. The van der Waals surface area contributed by atoms with Gasteiger partial charge in [0, 0.05) is 12.6 Å². The predicted molar refractivity (Wildman–Crippen MR) is 68.6 cm³/mol. The van der Waals surface area contributed by atoms with Crippen molar-refractivity contribution in [2.24, 2.45) is 5.92 Å². The number of aliphatic hydroxyl groups is 1. The van der Waals surface area contributed by atoms with E-state index in [9.17, 15) is 4.79 Å². The molecule has 0 radical (unpaired) electrons. The standard InChI is InChI=1S/C13H21N3O3/c1-9-12(16-19-15-9)13(18)14-11(7-8-17)10-5-3-2-4-6-10/h10-11,17H,2-8H2,1H3,(H,14,18). The average Bonchev–Trinajstić information content (AvgIpc) is 2.85. The number of rotatable bonds is 5. The summed E-state index contributed by atoms with van der Waals surface area (Å²) < 4.78 is 4.54. The van der Waals surface area contributed by atoms with E-state index in [1.165, 1.54) is 19.3 Å². The lowest BCUT2D eigenvalue weighted by molar-refractivity contribution is 0.0889. The first-order chi connectivity index (χ1) is 9.22. The summed E-state index contributed by atoms with van der Waals surface area (Å²) in [5, 5.41) is 19.4. The normalized spacial score (nSPS) is 18.2. The smallest absolute Gasteiger partial charge is 0.275 e. The van der Waals surface area contributed by atoms with Crippen LogP contribution in [0, 0.1) is 12.8 Å². The number of hydrogen-bond donors (Lipinski definition) is 2. The molecular formula is C13H21N3O3. The first-order valence-electron chi connectivity index (χ1n) is 6.93. The Balaban J connectivity index is 1.99. The van der Waals surface area contributed by atoms with Crippen LogP contribution in [0.2, 0.25) is 0 Å². The molecule has 1 heterocycles. The Labute approximate surface area is 112 Å². The Morgan fingerprint density at radius 2 is 2.16 bits per heavy atom. The second kappa shape index (κ2) is 6.65. The summed E-state index contributed by atoms with van der Waals surface area (Å²) in [6, 6.07) is 0.00824. The van der Waals surface area contributed by atoms with E-state index in [4.69, 9.17) is 5.11 Å². The maximum Gasteiger partial charge on any atom is 0.275 e. The number of carbonyl (C=O) groups excluding carboxylic acids is 1. The molecule has 6 heteroatoms. The van der Waals surface area contributed by atoms with Gasteiger partial charge >= 0.3 is 0 Å². The summed E-state index contributed by atoms with van der Waals surface area (Å²) in [6.45, 7) is 1.77. The highest BCUT2D eigenvalue weighted by Gasteiger charge is 2.26. The molecule has 19 heavy (non-hydrogen) atoms. The van der Waals surface area contributed by atoms with Gasteiger partial charge in [0.15, 0.2) is 5.69 Å². The Kier molecular flexibility index (Phi) is 4.90. The highest BCUT2D eigenvalue weighted by atomic mass is 16.6. The van der Waals surface area contributed by atoms with Gasteiger partial charge in [0.2, 0.25) is 0 Å². The molecule has 1 aliphatic carbocycles. The van der Waals surface area contributed by atoms with Gasteiger partial charge in [-0.25, -0.2) is 4.63 Å². The molecular weight excluding hydrogens is 246 g/mol. The van der Waals surface area contributed by atoms with Crippen LogP contribution in [0.5, 0.6) is 0 Å². The molecule has 0 spiro atoms. The number of carbonyl (C=O) groups is 1. The fourth-order valence-corrected chi connectivity index (χ4v) is 2.78. The summed E-state index contributed by atoms with van der Waals surface area (Å²) in [4.78, 5) is 12.1. The van der Waals surface area contributed by atoms with Gasteiger partial charge in [-0.15, -0.1) is 0 Å². The van der Waals surface area contributed by atoms with E-state index in [0.717, 1.165) is 12.8 Å². The van der Waals surface area contributed by atoms with Crippen LogP contribution < -0.4 is 5.32 Å². The molecule has 1 amide bonds. The van der Waals surface area contributed by atoms with E-state index in [2.05, 4.69) is 20.3 Å². The fraction of sp³-hybridized carbons (Fsp3) is 0.769. The van der Waals surface area contributed by atoms with Gasteiger partial charge in [-0.3, -0.25) is 4.79 Å². The minimum absolute atomic E-state index is 0.00824. The van der Waals surface area contributed by atoms with Crippen molar-refractivity contribution in [3.05, 3.63) is 11.4 Å². The average molecular weight is 267 g/mol. The highest BCUT2D eigenvalue weighted by molar-refractivity contribution is 5.93.